The van der Waals surface area contributed by atoms with E-state index in [-0.39, 0.29) is 18.2 Å². The number of benzene rings is 2. The lowest BCUT2D eigenvalue weighted by Gasteiger charge is -2.26. The molecule has 2 heterocycles. The third kappa shape index (κ3) is 3.43. The molecule has 2 aromatic carbocycles. The second kappa shape index (κ2) is 7.14. The highest BCUT2D eigenvalue weighted by Gasteiger charge is 2.28. The predicted molar refractivity (Wildman–Crippen MR) is 106 cm³/mol. The van der Waals surface area contributed by atoms with Gasteiger partial charge in [0, 0.05) is 12.1 Å². The molecule has 154 valence electrons. The van der Waals surface area contributed by atoms with Crippen LogP contribution in [0.5, 0.6) is 11.5 Å². The van der Waals surface area contributed by atoms with E-state index in [1.165, 1.54) is 16.8 Å². The molecule has 1 aliphatic rings. The molecule has 1 aromatic heterocycles. The molecule has 0 saturated carbocycles. The first-order chi connectivity index (χ1) is 14.3. The van der Waals surface area contributed by atoms with Gasteiger partial charge in [-0.25, -0.2) is 4.68 Å². The van der Waals surface area contributed by atoms with Crippen molar-refractivity contribution in [1.82, 2.24) is 20.3 Å². The minimum absolute atomic E-state index is 0.0719. The van der Waals surface area contributed by atoms with E-state index >= 15 is 0 Å². The van der Waals surface area contributed by atoms with Crippen molar-refractivity contribution in [3.8, 4) is 17.2 Å². The van der Waals surface area contributed by atoms with Gasteiger partial charge in [-0.05, 0) is 44.5 Å². The van der Waals surface area contributed by atoms with Crippen LogP contribution >= 0.6 is 0 Å². The lowest BCUT2D eigenvalue weighted by Crippen LogP contribution is -2.41. The molecule has 0 bridgehead atoms. The van der Waals surface area contributed by atoms with Crippen LogP contribution in [0.2, 0.25) is 0 Å². The molecular weight excluding hydrogens is 390 g/mol. The molecule has 30 heavy (non-hydrogen) atoms. The number of nitro groups is 1. The van der Waals surface area contributed by atoms with Crippen molar-refractivity contribution in [3.63, 3.8) is 0 Å². The number of aromatic nitrogens is 3. The van der Waals surface area contributed by atoms with Crippen molar-refractivity contribution in [3.05, 3.63) is 69.5 Å². The SMILES string of the molecule is Cc1c(C(=O)NC(C)(C)c2ccc3c(c2)OCO3)nnn1-c1cccc([N+](=O)[O-])c1. The first-order valence-electron chi connectivity index (χ1n) is 9.16. The van der Waals surface area contributed by atoms with E-state index in [4.69, 9.17) is 9.47 Å². The summed E-state index contributed by atoms with van der Waals surface area (Å²) >= 11 is 0. The Morgan fingerprint density at radius 3 is 2.73 bits per heavy atom. The van der Waals surface area contributed by atoms with Gasteiger partial charge < -0.3 is 14.8 Å². The van der Waals surface area contributed by atoms with E-state index in [2.05, 4.69) is 15.6 Å². The Hall–Kier alpha value is -3.95. The van der Waals surface area contributed by atoms with Gasteiger partial charge in [-0.1, -0.05) is 17.3 Å². The first-order valence-corrected chi connectivity index (χ1v) is 9.16. The largest absolute Gasteiger partial charge is 0.454 e. The summed E-state index contributed by atoms with van der Waals surface area (Å²) in [5, 5.41) is 22.0. The van der Waals surface area contributed by atoms with Gasteiger partial charge in [-0.3, -0.25) is 14.9 Å². The van der Waals surface area contributed by atoms with Crippen LogP contribution in [-0.4, -0.2) is 32.6 Å². The summed E-state index contributed by atoms with van der Waals surface area (Å²) in [6.45, 7) is 5.58. The minimum atomic E-state index is -0.722. The summed E-state index contributed by atoms with van der Waals surface area (Å²) in [5.41, 5.74) is 1.09. The first kappa shape index (κ1) is 19.4. The minimum Gasteiger partial charge on any atom is -0.454 e. The third-order valence-electron chi connectivity index (χ3n) is 4.92. The van der Waals surface area contributed by atoms with Gasteiger partial charge in [0.15, 0.2) is 17.2 Å². The molecule has 10 heteroatoms. The van der Waals surface area contributed by atoms with Crippen LogP contribution in [0.3, 0.4) is 0 Å². The van der Waals surface area contributed by atoms with E-state index in [1.54, 1.807) is 25.1 Å². The predicted octanol–water partition coefficient (Wildman–Crippen LogP) is 2.88. The number of hydrogen-bond acceptors (Lipinski definition) is 7. The van der Waals surface area contributed by atoms with Crippen LogP contribution in [0.1, 0.15) is 35.6 Å². The van der Waals surface area contributed by atoms with Gasteiger partial charge >= 0.3 is 0 Å². The van der Waals surface area contributed by atoms with Crippen LogP contribution in [0.4, 0.5) is 5.69 Å². The summed E-state index contributed by atoms with van der Waals surface area (Å²) in [6.07, 6.45) is 0. The molecule has 1 N–H and O–H groups in total. The number of rotatable bonds is 5. The van der Waals surface area contributed by atoms with Crippen LogP contribution in [0.15, 0.2) is 42.5 Å². The zero-order chi connectivity index (χ0) is 21.5. The second-order valence-electron chi connectivity index (χ2n) is 7.36. The van der Waals surface area contributed by atoms with Gasteiger partial charge in [0.2, 0.25) is 6.79 Å². The maximum atomic E-state index is 12.9. The zero-order valence-electron chi connectivity index (χ0n) is 16.6. The average Bonchev–Trinajstić information content (AvgIpc) is 3.33. The standard InChI is InChI=1S/C20H19N5O5/c1-12-18(22-23-24(12)14-5-4-6-15(10-14)25(27)28)19(26)21-20(2,3)13-7-8-16-17(9-13)30-11-29-16/h4-10H,11H2,1-3H3,(H,21,26). The van der Waals surface area contributed by atoms with E-state index < -0.39 is 16.4 Å². The highest BCUT2D eigenvalue weighted by molar-refractivity contribution is 5.93. The number of fused-ring (bicyclic) bond motifs is 1. The van der Waals surface area contributed by atoms with Gasteiger partial charge in [0.25, 0.3) is 11.6 Å². The van der Waals surface area contributed by atoms with Crippen molar-refractivity contribution in [2.24, 2.45) is 0 Å². The van der Waals surface area contributed by atoms with Crippen molar-refractivity contribution in [2.45, 2.75) is 26.3 Å². The van der Waals surface area contributed by atoms with E-state index in [0.717, 1.165) is 5.56 Å². The quantitative estimate of drug-likeness (QED) is 0.508. The maximum Gasteiger partial charge on any atom is 0.274 e. The maximum absolute atomic E-state index is 12.9. The summed E-state index contributed by atoms with van der Waals surface area (Å²) in [5.74, 6) is 0.881. The summed E-state index contributed by atoms with van der Waals surface area (Å²) in [6, 6.07) is 11.5. The molecule has 0 radical (unpaired) electrons. The lowest BCUT2D eigenvalue weighted by molar-refractivity contribution is -0.384. The van der Waals surface area contributed by atoms with Gasteiger partial charge in [-0.2, -0.15) is 0 Å². The summed E-state index contributed by atoms with van der Waals surface area (Å²) in [4.78, 5) is 23.5. The molecule has 1 amide bonds. The van der Waals surface area contributed by atoms with E-state index in [0.29, 0.717) is 22.9 Å². The van der Waals surface area contributed by atoms with Crippen LogP contribution < -0.4 is 14.8 Å². The molecule has 3 aromatic rings. The molecule has 4 rings (SSSR count). The summed E-state index contributed by atoms with van der Waals surface area (Å²) < 4.78 is 12.1. The van der Waals surface area contributed by atoms with Crippen LogP contribution in [0.25, 0.3) is 5.69 Å². The number of non-ortho nitro benzene ring substituents is 1. The number of ether oxygens (including phenoxy) is 2. The van der Waals surface area contributed by atoms with Gasteiger partial charge in [0.05, 0.1) is 21.8 Å². The van der Waals surface area contributed by atoms with Crippen LogP contribution in [-0.2, 0) is 5.54 Å². The molecule has 0 atom stereocenters. The number of nitrogens with zero attached hydrogens (tertiary/aromatic N) is 4. The number of carbonyl (C=O) groups excluding carboxylic acids is 1. The fourth-order valence-corrected chi connectivity index (χ4v) is 3.22. The number of amides is 1. The lowest BCUT2D eigenvalue weighted by atomic mass is 9.93. The molecule has 0 saturated heterocycles. The second-order valence-corrected chi connectivity index (χ2v) is 7.36. The van der Waals surface area contributed by atoms with Crippen molar-refractivity contribution >= 4 is 11.6 Å². The fraction of sp³-hybridized carbons (Fsp3) is 0.250. The average molecular weight is 409 g/mol. The normalized spacial score (nSPS) is 12.6. The van der Waals surface area contributed by atoms with Gasteiger partial charge in [0.1, 0.15) is 0 Å². The molecule has 10 nitrogen and oxygen atoms in total. The Balaban J connectivity index is 1.58. The number of hydrogen-bond donors (Lipinski definition) is 1. The molecule has 0 aliphatic carbocycles. The Bertz CT molecular complexity index is 1150. The molecule has 0 fully saturated rings. The van der Waals surface area contributed by atoms with E-state index in [1.807, 2.05) is 26.0 Å². The van der Waals surface area contributed by atoms with E-state index in [9.17, 15) is 14.9 Å². The topological polar surface area (TPSA) is 121 Å². The number of nitro benzene ring substituents is 1. The number of nitrogens with one attached hydrogen (secondary N) is 1. The highest BCUT2D eigenvalue weighted by Crippen LogP contribution is 2.35. The Kier molecular flexibility index (Phi) is 4.61. The molecule has 0 unspecified atom stereocenters. The molecular formula is C20H19N5O5. The van der Waals surface area contributed by atoms with Gasteiger partial charge in [-0.15, -0.1) is 5.10 Å². The smallest absolute Gasteiger partial charge is 0.274 e. The Morgan fingerprint density at radius 1 is 1.20 bits per heavy atom. The zero-order valence-corrected chi connectivity index (χ0v) is 16.6. The highest BCUT2D eigenvalue weighted by atomic mass is 16.7. The summed E-state index contributed by atoms with van der Waals surface area (Å²) in [7, 11) is 0. The Labute approximate surface area is 171 Å². The number of carbonyl (C=O) groups is 1. The fourth-order valence-electron chi connectivity index (χ4n) is 3.22. The molecule has 0 spiro atoms. The van der Waals surface area contributed by atoms with Crippen LogP contribution in [0, 0.1) is 17.0 Å². The monoisotopic (exact) mass is 409 g/mol. The van der Waals surface area contributed by atoms with Crippen molar-refractivity contribution in [2.75, 3.05) is 6.79 Å². The van der Waals surface area contributed by atoms with Crippen molar-refractivity contribution < 1.29 is 19.2 Å². The Morgan fingerprint density at radius 2 is 1.97 bits per heavy atom. The third-order valence-corrected chi connectivity index (χ3v) is 4.92. The van der Waals surface area contributed by atoms with Crippen molar-refractivity contribution in [1.29, 1.82) is 0 Å². The molecule has 1 aliphatic heterocycles.